The third kappa shape index (κ3) is 5.25. The van der Waals surface area contributed by atoms with E-state index in [4.69, 9.17) is 10.9 Å². The van der Waals surface area contributed by atoms with Crippen LogP contribution in [0.15, 0.2) is 5.16 Å². The Bertz CT molecular complexity index is 243. The number of nitrogens with two attached hydrogens (primary N) is 1. The van der Waals surface area contributed by atoms with Crippen LogP contribution in [-0.2, 0) is 0 Å². The predicted molar refractivity (Wildman–Crippen MR) is 76.0 cm³/mol. The highest BCUT2D eigenvalue weighted by Gasteiger charge is 2.27. The average molecular weight is 255 g/mol. The van der Waals surface area contributed by atoms with Crippen molar-refractivity contribution in [1.29, 1.82) is 0 Å². The number of nitrogens with zero attached hydrogens (tertiary/aromatic N) is 2. The summed E-state index contributed by atoms with van der Waals surface area (Å²) in [4.78, 5) is 2.36. The highest BCUT2D eigenvalue weighted by Crippen LogP contribution is 2.18. The van der Waals surface area contributed by atoms with Crippen LogP contribution in [0.25, 0.3) is 0 Å². The smallest absolute Gasteiger partial charge is 0.156 e. The van der Waals surface area contributed by atoms with Crippen molar-refractivity contribution in [2.24, 2.45) is 10.9 Å². The minimum atomic E-state index is 0.176. The van der Waals surface area contributed by atoms with E-state index in [2.05, 4.69) is 17.0 Å². The molecular formula is C14H29N3O. The Morgan fingerprint density at radius 3 is 2.56 bits per heavy atom. The molecule has 1 aliphatic heterocycles. The lowest BCUT2D eigenvalue weighted by Gasteiger charge is -2.22. The van der Waals surface area contributed by atoms with Crippen molar-refractivity contribution >= 4 is 5.84 Å². The van der Waals surface area contributed by atoms with Gasteiger partial charge in [-0.05, 0) is 32.4 Å². The van der Waals surface area contributed by atoms with E-state index in [1.807, 2.05) is 0 Å². The van der Waals surface area contributed by atoms with E-state index in [9.17, 15) is 0 Å². The SMILES string of the molecule is CCCCCCCCCN1CCCC1C(N)=NO. The number of hydrogen-bond acceptors (Lipinski definition) is 3. The molecule has 1 heterocycles. The zero-order valence-electron chi connectivity index (χ0n) is 11.8. The zero-order valence-corrected chi connectivity index (χ0v) is 11.8. The Morgan fingerprint density at radius 2 is 1.89 bits per heavy atom. The van der Waals surface area contributed by atoms with Crippen LogP contribution < -0.4 is 5.73 Å². The summed E-state index contributed by atoms with van der Waals surface area (Å²) in [6.45, 7) is 4.44. The molecule has 0 saturated carbocycles. The number of amidine groups is 1. The first-order valence-electron chi connectivity index (χ1n) is 7.51. The number of hydrogen-bond donors (Lipinski definition) is 2. The molecule has 1 rings (SSSR count). The van der Waals surface area contributed by atoms with Crippen LogP contribution in [0.2, 0.25) is 0 Å². The Kier molecular flexibility index (Phi) is 7.81. The number of likely N-dealkylation sites (tertiary alicyclic amines) is 1. The van der Waals surface area contributed by atoms with Gasteiger partial charge in [0.05, 0.1) is 6.04 Å². The standard InChI is InChI=1S/C14H29N3O/c1-2-3-4-5-6-7-8-11-17-12-9-10-13(17)14(15)16-18/h13,18H,2-12H2,1H3,(H2,15,16). The summed E-state index contributed by atoms with van der Waals surface area (Å²) in [6, 6.07) is 0.176. The van der Waals surface area contributed by atoms with Gasteiger partial charge in [0.15, 0.2) is 5.84 Å². The van der Waals surface area contributed by atoms with Crippen LogP contribution >= 0.6 is 0 Å². The maximum atomic E-state index is 8.74. The van der Waals surface area contributed by atoms with Crippen molar-refractivity contribution in [2.45, 2.75) is 70.8 Å². The molecule has 4 heteroatoms. The molecule has 1 saturated heterocycles. The van der Waals surface area contributed by atoms with Crippen molar-refractivity contribution in [1.82, 2.24) is 4.90 Å². The van der Waals surface area contributed by atoms with E-state index in [-0.39, 0.29) is 6.04 Å². The van der Waals surface area contributed by atoms with E-state index in [1.165, 1.54) is 44.9 Å². The van der Waals surface area contributed by atoms with Gasteiger partial charge < -0.3 is 10.9 Å². The Labute approximate surface area is 111 Å². The molecule has 1 fully saturated rings. The van der Waals surface area contributed by atoms with Crippen LogP contribution in [-0.4, -0.2) is 35.1 Å². The molecule has 0 aromatic heterocycles. The van der Waals surface area contributed by atoms with Crippen molar-refractivity contribution in [3.63, 3.8) is 0 Å². The van der Waals surface area contributed by atoms with E-state index < -0.39 is 0 Å². The Morgan fingerprint density at radius 1 is 1.22 bits per heavy atom. The third-order valence-corrected chi connectivity index (χ3v) is 3.87. The van der Waals surface area contributed by atoms with Crippen LogP contribution in [0.3, 0.4) is 0 Å². The van der Waals surface area contributed by atoms with Crippen molar-refractivity contribution in [2.75, 3.05) is 13.1 Å². The topological polar surface area (TPSA) is 61.8 Å². The van der Waals surface area contributed by atoms with Gasteiger partial charge in [-0.15, -0.1) is 0 Å². The summed E-state index contributed by atoms with van der Waals surface area (Å²) in [7, 11) is 0. The summed E-state index contributed by atoms with van der Waals surface area (Å²) >= 11 is 0. The van der Waals surface area contributed by atoms with Gasteiger partial charge in [0, 0.05) is 0 Å². The fourth-order valence-corrected chi connectivity index (χ4v) is 2.77. The summed E-state index contributed by atoms with van der Waals surface area (Å²) in [5.74, 6) is 0.385. The minimum Gasteiger partial charge on any atom is -0.409 e. The monoisotopic (exact) mass is 255 g/mol. The Hall–Kier alpha value is -0.770. The van der Waals surface area contributed by atoms with Crippen molar-refractivity contribution in [3.8, 4) is 0 Å². The third-order valence-electron chi connectivity index (χ3n) is 3.87. The molecule has 0 aromatic rings. The van der Waals surface area contributed by atoms with Crippen LogP contribution in [0.4, 0.5) is 0 Å². The van der Waals surface area contributed by atoms with Gasteiger partial charge >= 0.3 is 0 Å². The minimum absolute atomic E-state index is 0.176. The number of unbranched alkanes of at least 4 members (excludes halogenated alkanes) is 6. The molecule has 0 amide bonds. The molecule has 0 spiro atoms. The highest BCUT2D eigenvalue weighted by atomic mass is 16.4. The van der Waals surface area contributed by atoms with Gasteiger partial charge in [-0.3, -0.25) is 4.90 Å². The second kappa shape index (κ2) is 9.20. The van der Waals surface area contributed by atoms with E-state index >= 15 is 0 Å². The molecule has 4 nitrogen and oxygen atoms in total. The van der Waals surface area contributed by atoms with Gasteiger partial charge in [-0.25, -0.2) is 0 Å². The largest absolute Gasteiger partial charge is 0.409 e. The lowest BCUT2D eigenvalue weighted by atomic mass is 10.1. The number of rotatable bonds is 9. The molecule has 3 N–H and O–H groups in total. The lowest BCUT2D eigenvalue weighted by molar-refractivity contribution is 0.275. The second-order valence-corrected chi connectivity index (χ2v) is 5.34. The fourth-order valence-electron chi connectivity index (χ4n) is 2.77. The molecule has 1 aliphatic rings. The van der Waals surface area contributed by atoms with E-state index in [0.717, 1.165) is 25.9 Å². The van der Waals surface area contributed by atoms with Gasteiger partial charge in [-0.2, -0.15) is 0 Å². The van der Waals surface area contributed by atoms with Gasteiger partial charge in [0.1, 0.15) is 0 Å². The molecule has 0 aromatic carbocycles. The molecule has 18 heavy (non-hydrogen) atoms. The summed E-state index contributed by atoms with van der Waals surface area (Å²) in [5, 5.41) is 11.9. The van der Waals surface area contributed by atoms with Crippen LogP contribution in [0, 0.1) is 0 Å². The highest BCUT2D eigenvalue weighted by molar-refractivity contribution is 5.85. The second-order valence-electron chi connectivity index (χ2n) is 5.34. The molecule has 0 bridgehead atoms. The fraction of sp³-hybridized carbons (Fsp3) is 0.929. The van der Waals surface area contributed by atoms with Crippen LogP contribution in [0.1, 0.15) is 64.7 Å². The normalized spacial score (nSPS) is 21.6. The zero-order chi connectivity index (χ0) is 13.2. The molecule has 1 unspecified atom stereocenters. The Balaban J connectivity index is 2.07. The van der Waals surface area contributed by atoms with Crippen LogP contribution in [0.5, 0.6) is 0 Å². The first-order valence-corrected chi connectivity index (χ1v) is 7.51. The van der Waals surface area contributed by atoms with Crippen molar-refractivity contribution < 1.29 is 5.21 Å². The molecule has 0 aliphatic carbocycles. The van der Waals surface area contributed by atoms with E-state index in [0.29, 0.717) is 5.84 Å². The summed E-state index contributed by atoms with van der Waals surface area (Å²) < 4.78 is 0. The maximum Gasteiger partial charge on any atom is 0.156 e. The predicted octanol–water partition coefficient (Wildman–Crippen LogP) is 2.95. The molecule has 0 radical (unpaired) electrons. The first kappa shape index (κ1) is 15.3. The van der Waals surface area contributed by atoms with Crippen molar-refractivity contribution in [3.05, 3.63) is 0 Å². The van der Waals surface area contributed by atoms with E-state index in [1.54, 1.807) is 0 Å². The number of oxime groups is 1. The quantitative estimate of drug-likeness (QED) is 0.219. The van der Waals surface area contributed by atoms with Gasteiger partial charge in [0.25, 0.3) is 0 Å². The molecular weight excluding hydrogens is 226 g/mol. The first-order chi connectivity index (χ1) is 8.79. The lowest BCUT2D eigenvalue weighted by Crippen LogP contribution is -2.40. The molecule has 1 atom stereocenters. The average Bonchev–Trinajstić information content (AvgIpc) is 2.85. The summed E-state index contributed by atoms with van der Waals surface area (Å²) in [5.41, 5.74) is 5.71. The van der Waals surface area contributed by atoms with Gasteiger partial charge in [0.2, 0.25) is 0 Å². The molecule has 106 valence electrons. The van der Waals surface area contributed by atoms with Gasteiger partial charge in [-0.1, -0.05) is 50.6 Å². The maximum absolute atomic E-state index is 8.74. The summed E-state index contributed by atoms with van der Waals surface area (Å²) in [6.07, 6.45) is 11.5.